The van der Waals surface area contributed by atoms with Crippen molar-refractivity contribution in [2.45, 2.75) is 13.8 Å². The van der Waals surface area contributed by atoms with Crippen LogP contribution < -0.4 is 10.2 Å². The Morgan fingerprint density at radius 3 is 2.40 bits per heavy atom. The zero-order valence-corrected chi connectivity index (χ0v) is 16.9. The molecule has 0 heterocycles. The molecule has 1 N–H and O–H groups in total. The van der Waals surface area contributed by atoms with Crippen molar-refractivity contribution in [1.82, 2.24) is 0 Å². The lowest BCUT2D eigenvalue weighted by molar-refractivity contribution is -0.115. The van der Waals surface area contributed by atoms with Gasteiger partial charge in [-0.3, -0.25) is 9.59 Å². The van der Waals surface area contributed by atoms with E-state index in [0.717, 1.165) is 27.0 Å². The van der Waals surface area contributed by atoms with E-state index in [1.54, 1.807) is 11.9 Å². The Kier molecular flexibility index (Phi) is 7.08. The molecule has 0 unspecified atom stereocenters. The van der Waals surface area contributed by atoms with E-state index >= 15 is 0 Å². The molecule has 0 aliphatic carbocycles. The van der Waals surface area contributed by atoms with E-state index in [1.807, 2.05) is 56.3 Å². The summed E-state index contributed by atoms with van der Waals surface area (Å²) < 4.78 is 1.01. The van der Waals surface area contributed by atoms with Gasteiger partial charge in [0.05, 0.1) is 11.5 Å². The van der Waals surface area contributed by atoms with E-state index in [9.17, 15) is 9.59 Å². The number of carbonyl (C=O) groups excluding carboxylic acids is 2. The van der Waals surface area contributed by atoms with Gasteiger partial charge in [0.25, 0.3) is 0 Å². The fourth-order valence-corrected chi connectivity index (χ4v) is 3.12. The van der Waals surface area contributed by atoms with E-state index in [1.165, 1.54) is 11.8 Å². The topological polar surface area (TPSA) is 49.4 Å². The monoisotopic (exact) mass is 420 g/mol. The number of anilines is 2. The van der Waals surface area contributed by atoms with Crippen LogP contribution in [0.3, 0.4) is 0 Å². The molecule has 0 aliphatic heterocycles. The Morgan fingerprint density at radius 2 is 1.76 bits per heavy atom. The average molecular weight is 421 g/mol. The minimum absolute atomic E-state index is 0.0325. The predicted molar refractivity (Wildman–Crippen MR) is 109 cm³/mol. The highest BCUT2D eigenvalue weighted by Gasteiger charge is 2.13. The van der Waals surface area contributed by atoms with Gasteiger partial charge in [-0.25, -0.2) is 0 Å². The molecule has 2 aromatic rings. The Labute approximate surface area is 161 Å². The second kappa shape index (κ2) is 9.06. The van der Waals surface area contributed by atoms with Gasteiger partial charge in [0.2, 0.25) is 11.8 Å². The summed E-state index contributed by atoms with van der Waals surface area (Å²) in [5.41, 5.74) is 3.83. The third-order valence-electron chi connectivity index (χ3n) is 3.70. The summed E-state index contributed by atoms with van der Waals surface area (Å²) in [5, 5.41) is 2.83. The standard InChI is InChI=1S/C19H21BrN2O2S/c1-13-4-6-15(7-5-13)21-18(23)11-25-12-19(24)22(3)16-8-9-17(20)14(2)10-16/h4-10H,11-12H2,1-3H3,(H,21,23). The fraction of sp³-hybridized carbons (Fsp3) is 0.263. The van der Waals surface area contributed by atoms with Gasteiger partial charge in [-0.05, 0) is 49.7 Å². The van der Waals surface area contributed by atoms with Crippen molar-refractivity contribution < 1.29 is 9.59 Å². The van der Waals surface area contributed by atoms with Crippen molar-refractivity contribution >= 4 is 50.9 Å². The number of halogens is 1. The number of aryl methyl sites for hydroxylation is 2. The molecule has 132 valence electrons. The van der Waals surface area contributed by atoms with Crippen molar-refractivity contribution in [3.8, 4) is 0 Å². The predicted octanol–water partition coefficient (Wildman–Crippen LogP) is 4.40. The Bertz CT molecular complexity index is 763. The number of hydrogen-bond donors (Lipinski definition) is 1. The van der Waals surface area contributed by atoms with Gasteiger partial charge in [0.1, 0.15) is 0 Å². The molecular formula is C19H21BrN2O2S. The van der Waals surface area contributed by atoms with Gasteiger partial charge >= 0.3 is 0 Å². The summed E-state index contributed by atoms with van der Waals surface area (Å²) >= 11 is 4.76. The van der Waals surface area contributed by atoms with Crippen LogP contribution in [-0.4, -0.2) is 30.4 Å². The smallest absolute Gasteiger partial charge is 0.236 e. The van der Waals surface area contributed by atoms with Gasteiger partial charge in [-0.15, -0.1) is 11.8 Å². The lowest BCUT2D eigenvalue weighted by atomic mass is 10.2. The van der Waals surface area contributed by atoms with Crippen molar-refractivity contribution in [3.05, 3.63) is 58.1 Å². The number of carbonyl (C=O) groups is 2. The first-order valence-corrected chi connectivity index (χ1v) is 9.78. The normalized spacial score (nSPS) is 10.4. The van der Waals surface area contributed by atoms with Crippen LogP contribution in [0.15, 0.2) is 46.9 Å². The van der Waals surface area contributed by atoms with Crippen LogP contribution in [0, 0.1) is 13.8 Å². The molecule has 6 heteroatoms. The summed E-state index contributed by atoms with van der Waals surface area (Å²) in [6.07, 6.45) is 0. The van der Waals surface area contributed by atoms with Crippen molar-refractivity contribution in [2.75, 3.05) is 28.8 Å². The summed E-state index contributed by atoms with van der Waals surface area (Å²) in [6.45, 7) is 3.98. The molecule has 2 rings (SSSR count). The SMILES string of the molecule is Cc1ccc(NC(=O)CSCC(=O)N(C)c2ccc(Br)c(C)c2)cc1. The van der Waals surface area contributed by atoms with Crippen LogP contribution in [0.4, 0.5) is 11.4 Å². The lowest BCUT2D eigenvalue weighted by Crippen LogP contribution is -2.28. The Morgan fingerprint density at radius 1 is 1.08 bits per heavy atom. The molecule has 0 bridgehead atoms. The third kappa shape index (κ3) is 5.90. The van der Waals surface area contributed by atoms with Crippen LogP contribution in [0.5, 0.6) is 0 Å². The lowest BCUT2D eigenvalue weighted by Gasteiger charge is -2.18. The Balaban J connectivity index is 1.80. The molecule has 2 aromatic carbocycles. The molecule has 0 radical (unpaired) electrons. The molecule has 25 heavy (non-hydrogen) atoms. The highest BCUT2D eigenvalue weighted by molar-refractivity contribution is 9.10. The summed E-state index contributed by atoms with van der Waals surface area (Å²) in [5.74, 6) is 0.360. The highest BCUT2D eigenvalue weighted by atomic mass is 79.9. The zero-order chi connectivity index (χ0) is 18.4. The van der Waals surface area contributed by atoms with Crippen molar-refractivity contribution in [2.24, 2.45) is 0 Å². The van der Waals surface area contributed by atoms with E-state index in [-0.39, 0.29) is 23.3 Å². The van der Waals surface area contributed by atoms with E-state index in [0.29, 0.717) is 0 Å². The molecule has 0 saturated heterocycles. The number of nitrogens with zero attached hydrogens (tertiary/aromatic N) is 1. The quantitative estimate of drug-likeness (QED) is 0.752. The number of benzene rings is 2. The highest BCUT2D eigenvalue weighted by Crippen LogP contribution is 2.22. The van der Waals surface area contributed by atoms with Crippen LogP contribution in [-0.2, 0) is 9.59 Å². The van der Waals surface area contributed by atoms with Crippen molar-refractivity contribution in [3.63, 3.8) is 0 Å². The minimum Gasteiger partial charge on any atom is -0.325 e. The fourth-order valence-electron chi connectivity index (χ4n) is 2.14. The van der Waals surface area contributed by atoms with Gasteiger partial charge in [-0.1, -0.05) is 33.6 Å². The molecule has 0 aliphatic rings. The van der Waals surface area contributed by atoms with Gasteiger partial charge in [0.15, 0.2) is 0 Å². The van der Waals surface area contributed by atoms with Crippen LogP contribution >= 0.6 is 27.7 Å². The van der Waals surface area contributed by atoms with Crippen LogP contribution in [0.25, 0.3) is 0 Å². The summed E-state index contributed by atoms with van der Waals surface area (Å²) in [6, 6.07) is 13.4. The van der Waals surface area contributed by atoms with E-state index in [4.69, 9.17) is 0 Å². The largest absolute Gasteiger partial charge is 0.325 e. The van der Waals surface area contributed by atoms with E-state index < -0.39 is 0 Å². The van der Waals surface area contributed by atoms with Gasteiger partial charge < -0.3 is 10.2 Å². The van der Waals surface area contributed by atoms with Gasteiger partial charge in [0, 0.05) is 22.9 Å². The second-order valence-electron chi connectivity index (χ2n) is 5.79. The maximum absolute atomic E-state index is 12.3. The number of amides is 2. The zero-order valence-electron chi connectivity index (χ0n) is 14.5. The summed E-state index contributed by atoms with van der Waals surface area (Å²) in [4.78, 5) is 25.8. The molecule has 0 aromatic heterocycles. The first kappa shape index (κ1) is 19.5. The van der Waals surface area contributed by atoms with Gasteiger partial charge in [-0.2, -0.15) is 0 Å². The molecule has 0 saturated carbocycles. The molecule has 0 atom stereocenters. The number of hydrogen-bond acceptors (Lipinski definition) is 3. The number of thioether (sulfide) groups is 1. The molecule has 0 spiro atoms. The van der Waals surface area contributed by atoms with Crippen LogP contribution in [0.2, 0.25) is 0 Å². The second-order valence-corrected chi connectivity index (χ2v) is 7.63. The van der Waals surface area contributed by atoms with E-state index in [2.05, 4.69) is 21.2 Å². The first-order valence-electron chi connectivity index (χ1n) is 7.84. The summed E-state index contributed by atoms with van der Waals surface area (Å²) in [7, 11) is 1.75. The van der Waals surface area contributed by atoms with Crippen LogP contribution in [0.1, 0.15) is 11.1 Å². The average Bonchev–Trinajstić information content (AvgIpc) is 2.58. The Hall–Kier alpha value is -1.79. The maximum Gasteiger partial charge on any atom is 0.236 e. The number of rotatable bonds is 6. The first-order chi connectivity index (χ1) is 11.9. The molecule has 0 fully saturated rings. The third-order valence-corrected chi connectivity index (χ3v) is 5.50. The number of nitrogens with one attached hydrogen (secondary N) is 1. The molecule has 2 amide bonds. The minimum atomic E-state index is -0.108. The molecular weight excluding hydrogens is 400 g/mol. The van der Waals surface area contributed by atoms with Crippen molar-refractivity contribution in [1.29, 1.82) is 0 Å². The molecule has 4 nitrogen and oxygen atoms in total. The maximum atomic E-state index is 12.3.